The van der Waals surface area contributed by atoms with Gasteiger partial charge >= 0.3 is 0 Å². The largest absolute Gasteiger partial charge is 0.314 e. The van der Waals surface area contributed by atoms with Crippen LogP contribution in [-0.2, 0) is 0 Å². The topological polar surface area (TPSA) is 12.0 Å². The van der Waals surface area contributed by atoms with Crippen LogP contribution in [0.25, 0.3) is 0 Å². The molecule has 0 heterocycles. The van der Waals surface area contributed by atoms with E-state index in [1.54, 1.807) is 32.1 Å². The molecule has 0 aromatic rings. The molecule has 0 aromatic carbocycles. The van der Waals surface area contributed by atoms with Gasteiger partial charge in [-0.05, 0) is 81.6 Å². The molecule has 1 nitrogen and oxygen atoms in total. The van der Waals surface area contributed by atoms with Crippen molar-refractivity contribution < 1.29 is 0 Å². The summed E-state index contributed by atoms with van der Waals surface area (Å²) in [5.74, 6) is 3.25. The highest BCUT2D eigenvalue weighted by molar-refractivity contribution is 5.13. The van der Waals surface area contributed by atoms with E-state index in [1.165, 1.54) is 32.1 Å². The van der Waals surface area contributed by atoms with Crippen molar-refractivity contribution in [2.24, 2.45) is 23.2 Å². The molecule has 0 aromatic heterocycles. The predicted octanol–water partition coefficient (Wildman–Crippen LogP) is 3.74. The zero-order chi connectivity index (χ0) is 11.5. The highest BCUT2D eigenvalue weighted by Crippen LogP contribution is 2.65. The van der Waals surface area contributed by atoms with Crippen LogP contribution in [0, 0.1) is 23.2 Å². The van der Waals surface area contributed by atoms with Gasteiger partial charge in [0.1, 0.15) is 0 Å². The van der Waals surface area contributed by atoms with Gasteiger partial charge in [-0.15, -0.1) is 0 Å². The second-order valence-electron chi connectivity index (χ2n) is 7.84. The van der Waals surface area contributed by atoms with E-state index in [0.717, 1.165) is 23.2 Å². The summed E-state index contributed by atoms with van der Waals surface area (Å²) in [6, 6.07) is 0. The van der Waals surface area contributed by atoms with Crippen LogP contribution >= 0.6 is 0 Å². The zero-order valence-corrected chi connectivity index (χ0v) is 11.3. The minimum absolute atomic E-state index is 0.562. The Morgan fingerprint density at radius 2 is 1.59 bits per heavy atom. The number of hydrogen-bond acceptors (Lipinski definition) is 1. The Labute approximate surface area is 106 Å². The van der Waals surface area contributed by atoms with Gasteiger partial charge < -0.3 is 5.32 Å². The molecular formula is C16H27N. The lowest BCUT2D eigenvalue weighted by Gasteiger charge is -2.64. The van der Waals surface area contributed by atoms with Crippen molar-refractivity contribution in [3.63, 3.8) is 0 Å². The third-order valence-corrected chi connectivity index (χ3v) is 6.86. The molecule has 5 aliphatic rings. The lowest BCUT2D eigenvalue weighted by atomic mass is 9.44. The molecule has 5 saturated carbocycles. The van der Waals surface area contributed by atoms with E-state index in [-0.39, 0.29) is 0 Å². The van der Waals surface area contributed by atoms with E-state index in [4.69, 9.17) is 0 Å². The third-order valence-electron chi connectivity index (χ3n) is 6.86. The van der Waals surface area contributed by atoms with Gasteiger partial charge in [0, 0.05) is 5.54 Å². The van der Waals surface area contributed by atoms with Gasteiger partial charge in [0.15, 0.2) is 0 Å². The Hall–Kier alpha value is -0.0400. The SMILES string of the molecule is CNC12C[C@H]3C[C@@H](C1)CC(C1CCCC1)(C3)C2. The molecule has 17 heavy (non-hydrogen) atoms. The number of nitrogens with one attached hydrogen (secondary N) is 1. The van der Waals surface area contributed by atoms with Crippen LogP contribution in [0.1, 0.15) is 64.2 Å². The molecule has 0 saturated heterocycles. The first-order valence-electron chi connectivity index (χ1n) is 7.93. The van der Waals surface area contributed by atoms with E-state index in [9.17, 15) is 0 Å². The number of rotatable bonds is 2. The smallest absolute Gasteiger partial charge is 0.0189 e. The Morgan fingerprint density at radius 1 is 0.941 bits per heavy atom. The summed E-state index contributed by atoms with van der Waals surface area (Å²) in [5, 5.41) is 3.76. The van der Waals surface area contributed by atoms with Crippen LogP contribution in [0.15, 0.2) is 0 Å². The Morgan fingerprint density at radius 3 is 2.18 bits per heavy atom. The summed E-state index contributed by atoms with van der Waals surface area (Å²) in [4.78, 5) is 0. The van der Waals surface area contributed by atoms with E-state index < -0.39 is 0 Å². The molecule has 96 valence electrons. The van der Waals surface area contributed by atoms with Crippen LogP contribution in [0.4, 0.5) is 0 Å². The van der Waals surface area contributed by atoms with E-state index in [0.29, 0.717) is 5.54 Å². The monoisotopic (exact) mass is 233 g/mol. The van der Waals surface area contributed by atoms with Gasteiger partial charge in [0.05, 0.1) is 0 Å². The highest BCUT2D eigenvalue weighted by Gasteiger charge is 2.59. The minimum atomic E-state index is 0.562. The fraction of sp³-hybridized carbons (Fsp3) is 1.00. The molecule has 0 radical (unpaired) electrons. The summed E-state index contributed by atoms with van der Waals surface area (Å²) >= 11 is 0. The Kier molecular flexibility index (Phi) is 2.23. The van der Waals surface area contributed by atoms with Crippen molar-refractivity contribution >= 4 is 0 Å². The van der Waals surface area contributed by atoms with Gasteiger partial charge in [-0.1, -0.05) is 12.8 Å². The molecular weight excluding hydrogens is 206 g/mol. The quantitative estimate of drug-likeness (QED) is 0.766. The highest BCUT2D eigenvalue weighted by atomic mass is 15.0. The van der Waals surface area contributed by atoms with Crippen molar-refractivity contribution in [3.05, 3.63) is 0 Å². The van der Waals surface area contributed by atoms with Crippen molar-refractivity contribution in [2.45, 2.75) is 69.7 Å². The summed E-state index contributed by atoms with van der Waals surface area (Å²) < 4.78 is 0. The molecule has 1 heteroatoms. The van der Waals surface area contributed by atoms with E-state index in [1.807, 2.05) is 0 Å². The first-order chi connectivity index (χ1) is 8.24. The second kappa shape index (κ2) is 3.50. The summed E-state index contributed by atoms with van der Waals surface area (Å²) in [6.07, 6.45) is 15.4. The number of hydrogen-bond donors (Lipinski definition) is 1. The van der Waals surface area contributed by atoms with Crippen LogP contribution in [-0.4, -0.2) is 12.6 Å². The predicted molar refractivity (Wildman–Crippen MR) is 70.9 cm³/mol. The molecule has 1 N–H and O–H groups in total. The van der Waals surface area contributed by atoms with Gasteiger partial charge in [-0.25, -0.2) is 0 Å². The Balaban J connectivity index is 1.68. The third kappa shape index (κ3) is 1.47. The Bertz CT molecular complexity index is 301. The molecule has 4 bridgehead atoms. The lowest BCUT2D eigenvalue weighted by Crippen LogP contribution is -2.62. The molecule has 4 atom stereocenters. The average Bonchev–Trinajstić information content (AvgIpc) is 2.81. The van der Waals surface area contributed by atoms with Crippen molar-refractivity contribution in [3.8, 4) is 0 Å². The molecule has 2 unspecified atom stereocenters. The summed E-state index contributed by atoms with van der Waals surface area (Å²) in [7, 11) is 2.23. The van der Waals surface area contributed by atoms with E-state index in [2.05, 4.69) is 12.4 Å². The molecule has 5 rings (SSSR count). The molecule has 5 aliphatic carbocycles. The van der Waals surface area contributed by atoms with Crippen LogP contribution in [0.2, 0.25) is 0 Å². The molecule has 0 aliphatic heterocycles. The van der Waals surface area contributed by atoms with Crippen LogP contribution in [0.3, 0.4) is 0 Å². The molecule has 0 amide bonds. The van der Waals surface area contributed by atoms with Crippen LogP contribution in [0.5, 0.6) is 0 Å². The zero-order valence-electron chi connectivity index (χ0n) is 11.3. The fourth-order valence-corrected chi connectivity index (χ4v) is 6.64. The standard InChI is InChI=1S/C16H27N/c1-17-16-9-12-6-13(10-16)8-15(7-12,11-16)14-4-2-3-5-14/h12-14,17H,2-11H2,1H3/t12-,13+,15?,16?. The summed E-state index contributed by atoms with van der Waals surface area (Å²) in [6.45, 7) is 0. The van der Waals surface area contributed by atoms with Gasteiger partial charge in [-0.3, -0.25) is 0 Å². The first-order valence-corrected chi connectivity index (χ1v) is 7.93. The fourth-order valence-electron chi connectivity index (χ4n) is 6.64. The van der Waals surface area contributed by atoms with E-state index >= 15 is 0 Å². The molecule has 5 fully saturated rings. The van der Waals surface area contributed by atoms with Gasteiger partial charge in [-0.2, -0.15) is 0 Å². The first kappa shape index (κ1) is 10.8. The van der Waals surface area contributed by atoms with Crippen molar-refractivity contribution in [1.82, 2.24) is 5.32 Å². The summed E-state index contributed by atoms with van der Waals surface area (Å²) in [5.41, 5.74) is 1.34. The normalized spacial score (nSPS) is 53.5. The second-order valence-corrected chi connectivity index (χ2v) is 7.84. The maximum Gasteiger partial charge on any atom is 0.0189 e. The van der Waals surface area contributed by atoms with Crippen molar-refractivity contribution in [1.29, 1.82) is 0 Å². The maximum absolute atomic E-state index is 3.76. The lowest BCUT2D eigenvalue weighted by molar-refractivity contribution is -0.108. The van der Waals surface area contributed by atoms with Gasteiger partial charge in [0.2, 0.25) is 0 Å². The minimum Gasteiger partial charge on any atom is -0.314 e. The maximum atomic E-state index is 3.76. The average molecular weight is 233 g/mol. The van der Waals surface area contributed by atoms with Gasteiger partial charge in [0.25, 0.3) is 0 Å². The van der Waals surface area contributed by atoms with Crippen molar-refractivity contribution in [2.75, 3.05) is 7.05 Å². The van der Waals surface area contributed by atoms with Crippen LogP contribution < -0.4 is 5.32 Å². The molecule has 0 spiro atoms.